The molecule has 2 aromatic carbocycles. The van der Waals surface area contributed by atoms with Crippen LogP contribution in [0.15, 0.2) is 54.7 Å². The molecule has 4 nitrogen and oxygen atoms in total. The molecule has 142 valence electrons. The number of rotatable bonds is 3. The van der Waals surface area contributed by atoms with Crippen molar-refractivity contribution >= 4 is 23.1 Å². The highest BCUT2D eigenvalue weighted by Gasteiger charge is 2.23. The van der Waals surface area contributed by atoms with Gasteiger partial charge in [-0.3, -0.25) is 4.79 Å². The molecular weight excluding hydrogens is 367 g/mol. The van der Waals surface area contributed by atoms with E-state index in [2.05, 4.69) is 10.3 Å². The SMILES string of the molecule is O=C(c1ccc(Nc2ccc(F)c(F)c2F)nc1)N1CCCc2ccccc21. The lowest BCUT2D eigenvalue weighted by molar-refractivity contribution is 0.0985. The van der Waals surface area contributed by atoms with Gasteiger partial charge in [0.2, 0.25) is 0 Å². The number of fused-ring (bicyclic) bond motifs is 1. The van der Waals surface area contributed by atoms with Crippen LogP contribution in [0.25, 0.3) is 0 Å². The van der Waals surface area contributed by atoms with Crippen molar-refractivity contribution < 1.29 is 18.0 Å². The van der Waals surface area contributed by atoms with Crippen LogP contribution in [0.2, 0.25) is 0 Å². The van der Waals surface area contributed by atoms with Crippen LogP contribution in [0.4, 0.5) is 30.4 Å². The summed E-state index contributed by atoms with van der Waals surface area (Å²) in [5.41, 5.74) is 2.16. The van der Waals surface area contributed by atoms with Crippen LogP contribution in [0, 0.1) is 17.5 Å². The van der Waals surface area contributed by atoms with E-state index in [1.807, 2.05) is 24.3 Å². The van der Waals surface area contributed by atoms with Crippen molar-refractivity contribution in [2.75, 3.05) is 16.8 Å². The Balaban J connectivity index is 1.54. The molecule has 0 spiro atoms. The molecule has 0 saturated carbocycles. The standard InChI is InChI=1S/C21H16F3N3O/c22-15-8-9-16(20(24)19(15)23)26-18-10-7-14(12-25-18)21(28)27-11-3-5-13-4-1-2-6-17(13)27/h1-2,4,6-10,12H,3,5,11H2,(H,25,26). The van der Waals surface area contributed by atoms with E-state index >= 15 is 0 Å². The van der Waals surface area contributed by atoms with Gasteiger partial charge in [-0.2, -0.15) is 0 Å². The highest BCUT2D eigenvalue weighted by atomic mass is 19.2. The third-order valence-electron chi connectivity index (χ3n) is 4.66. The van der Waals surface area contributed by atoms with Gasteiger partial charge in [0.05, 0.1) is 11.3 Å². The lowest BCUT2D eigenvalue weighted by atomic mass is 10.0. The lowest BCUT2D eigenvalue weighted by Gasteiger charge is -2.29. The molecule has 2 heterocycles. The Bertz CT molecular complexity index is 1040. The number of hydrogen-bond acceptors (Lipinski definition) is 3. The van der Waals surface area contributed by atoms with E-state index in [1.54, 1.807) is 11.0 Å². The number of carbonyl (C=O) groups excluding carboxylic acids is 1. The number of aromatic nitrogens is 1. The summed E-state index contributed by atoms with van der Waals surface area (Å²) in [7, 11) is 0. The van der Waals surface area contributed by atoms with Crippen LogP contribution >= 0.6 is 0 Å². The predicted molar refractivity (Wildman–Crippen MR) is 100 cm³/mol. The van der Waals surface area contributed by atoms with Crippen LogP contribution in [-0.4, -0.2) is 17.4 Å². The molecule has 1 aromatic heterocycles. The van der Waals surface area contributed by atoms with Gasteiger partial charge in [-0.15, -0.1) is 0 Å². The second-order valence-corrected chi connectivity index (χ2v) is 6.47. The lowest BCUT2D eigenvalue weighted by Crippen LogP contribution is -2.35. The molecule has 0 aliphatic carbocycles. The number of nitrogens with zero attached hydrogens (tertiary/aromatic N) is 2. The number of nitrogens with one attached hydrogen (secondary N) is 1. The number of anilines is 3. The summed E-state index contributed by atoms with van der Waals surface area (Å²) in [6.07, 6.45) is 3.19. The summed E-state index contributed by atoms with van der Waals surface area (Å²) in [6.45, 7) is 0.621. The number of hydrogen-bond donors (Lipinski definition) is 1. The molecule has 3 aromatic rings. The molecule has 0 atom stereocenters. The Morgan fingerprint density at radius 2 is 1.82 bits per heavy atom. The molecule has 7 heteroatoms. The number of aryl methyl sites for hydroxylation is 1. The molecule has 0 bridgehead atoms. The molecule has 4 rings (SSSR count). The average molecular weight is 383 g/mol. The summed E-state index contributed by atoms with van der Waals surface area (Å²) in [5.74, 6) is -4.11. The molecule has 1 amide bonds. The molecule has 0 fully saturated rings. The third-order valence-corrected chi connectivity index (χ3v) is 4.66. The van der Waals surface area contributed by atoms with Crippen molar-refractivity contribution in [1.82, 2.24) is 4.98 Å². The van der Waals surface area contributed by atoms with Crippen LogP contribution in [-0.2, 0) is 6.42 Å². The molecule has 0 saturated heterocycles. The van der Waals surface area contributed by atoms with Crippen LogP contribution in [0.5, 0.6) is 0 Å². The van der Waals surface area contributed by atoms with Crippen molar-refractivity contribution in [3.05, 3.63) is 83.3 Å². The molecule has 1 aliphatic rings. The number of para-hydroxylation sites is 1. The van der Waals surface area contributed by atoms with Gasteiger partial charge in [-0.1, -0.05) is 18.2 Å². The van der Waals surface area contributed by atoms with Gasteiger partial charge < -0.3 is 10.2 Å². The fourth-order valence-electron chi connectivity index (χ4n) is 3.26. The normalized spacial score (nSPS) is 13.2. The third kappa shape index (κ3) is 3.31. The van der Waals surface area contributed by atoms with Gasteiger partial charge in [0, 0.05) is 18.4 Å². The zero-order valence-electron chi connectivity index (χ0n) is 14.8. The fourth-order valence-corrected chi connectivity index (χ4v) is 3.26. The molecule has 0 unspecified atom stereocenters. The van der Waals surface area contributed by atoms with Crippen LogP contribution < -0.4 is 10.2 Å². The summed E-state index contributed by atoms with van der Waals surface area (Å²) >= 11 is 0. The van der Waals surface area contributed by atoms with Crippen molar-refractivity contribution in [2.45, 2.75) is 12.8 Å². The Morgan fingerprint density at radius 1 is 1.00 bits per heavy atom. The summed E-state index contributed by atoms with van der Waals surface area (Å²) in [4.78, 5) is 18.7. The van der Waals surface area contributed by atoms with Crippen LogP contribution in [0.1, 0.15) is 22.3 Å². The maximum absolute atomic E-state index is 13.8. The monoisotopic (exact) mass is 383 g/mol. The number of halogens is 3. The summed E-state index contributed by atoms with van der Waals surface area (Å²) in [6, 6.07) is 12.7. The van der Waals surface area contributed by atoms with E-state index in [1.165, 1.54) is 12.3 Å². The minimum absolute atomic E-state index is 0.176. The molecular formula is C21H16F3N3O. The fraction of sp³-hybridized carbons (Fsp3) is 0.143. The highest BCUT2D eigenvalue weighted by molar-refractivity contribution is 6.06. The average Bonchev–Trinajstić information content (AvgIpc) is 2.74. The smallest absolute Gasteiger partial charge is 0.259 e. The first-order valence-corrected chi connectivity index (χ1v) is 8.81. The molecule has 1 N–H and O–H groups in total. The van der Waals surface area contributed by atoms with Gasteiger partial charge in [-0.05, 0) is 48.7 Å². The first-order chi connectivity index (χ1) is 13.5. The Kier molecular flexibility index (Phi) is 4.73. The summed E-state index contributed by atoms with van der Waals surface area (Å²) < 4.78 is 40.1. The molecule has 28 heavy (non-hydrogen) atoms. The zero-order valence-corrected chi connectivity index (χ0v) is 14.8. The minimum atomic E-state index is -1.56. The van der Waals surface area contributed by atoms with Crippen molar-refractivity contribution in [2.24, 2.45) is 0 Å². The minimum Gasteiger partial charge on any atom is -0.338 e. The van der Waals surface area contributed by atoms with E-state index < -0.39 is 17.5 Å². The van der Waals surface area contributed by atoms with Gasteiger partial charge >= 0.3 is 0 Å². The molecule has 1 aliphatic heterocycles. The van der Waals surface area contributed by atoms with Crippen molar-refractivity contribution in [1.29, 1.82) is 0 Å². The number of amides is 1. The largest absolute Gasteiger partial charge is 0.338 e. The number of pyridine rings is 1. The van der Waals surface area contributed by atoms with Gasteiger partial charge in [-0.25, -0.2) is 18.2 Å². The number of carbonyl (C=O) groups is 1. The zero-order chi connectivity index (χ0) is 19.7. The number of benzene rings is 2. The second kappa shape index (κ2) is 7.34. The highest BCUT2D eigenvalue weighted by Crippen LogP contribution is 2.28. The second-order valence-electron chi connectivity index (χ2n) is 6.47. The van der Waals surface area contributed by atoms with E-state index in [4.69, 9.17) is 0 Å². The maximum atomic E-state index is 13.8. The van der Waals surface area contributed by atoms with Crippen molar-refractivity contribution in [3.63, 3.8) is 0 Å². The van der Waals surface area contributed by atoms with Gasteiger partial charge in [0.25, 0.3) is 5.91 Å². The van der Waals surface area contributed by atoms with E-state index in [0.717, 1.165) is 36.2 Å². The van der Waals surface area contributed by atoms with E-state index in [0.29, 0.717) is 12.1 Å². The van der Waals surface area contributed by atoms with Gasteiger partial charge in [0.1, 0.15) is 5.82 Å². The Morgan fingerprint density at radius 3 is 2.61 bits per heavy atom. The quantitative estimate of drug-likeness (QED) is 0.659. The predicted octanol–water partition coefficient (Wildman–Crippen LogP) is 4.84. The van der Waals surface area contributed by atoms with Crippen molar-refractivity contribution in [3.8, 4) is 0 Å². The molecule has 0 radical (unpaired) electrons. The van der Waals surface area contributed by atoms with Crippen LogP contribution in [0.3, 0.4) is 0 Å². The first kappa shape index (κ1) is 18.0. The first-order valence-electron chi connectivity index (χ1n) is 8.81. The maximum Gasteiger partial charge on any atom is 0.259 e. The Labute approximate surface area is 159 Å². The van der Waals surface area contributed by atoms with E-state index in [-0.39, 0.29) is 17.4 Å². The summed E-state index contributed by atoms with van der Waals surface area (Å²) in [5, 5.41) is 2.58. The van der Waals surface area contributed by atoms with E-state index in [9.17, 15) is 18.0 Å². The topological polar surface area (TPSA) is 45.2 Å². The van der Waals surface area contributed by atoms with Gasteiger partial charge in [0.15, 0.2) is 17.5 Å². The Hall–Kier alpha value is -3.35.